The second kappa shape index (κ2) is 9.10. The molecular formula is C25H31NO6. The van der Waals surface area contributed by atoms with Crippen molar-refractivity contribution >= 4 is 11.8 Å². The van der Waals surface area contributed by atoms with E-state index in [9.17, 15) is 9.59 Å². The number of carbonyl (C=O) groups excluding carboxylic acids is 2. The quantitative estimate of drug-likeness (QED) is 0.505. The molecule has 1 aromatic rings. The summed E-state index contributed by atoms with van der Waals surface area (Å²) in [6.45, 7) is 9.65. The first-order valence-electron chi connectivity index (χ1n) is 10.5. The van der Waals surface area contributed by atoms with E-state index in [0.717, 1.165) is 5.70 Å². The van der Waals surface area contributed by atoms with E-state index in [-0.39, 0.29) is 17.8 Å². The Bertz CT molecular complexity index is 992. The van der Waals surface area contributed by atoms with Crippen molar-refractivity contribution in [3.8, 4) is 17.2 Å². The van der Waals surface area contributed by atoms with Crippen LogP contribution >= 0.6 is 0 Å². The molecule has 1 atom stereocenters. The third-order valence-corrected chi connectivity index (χ3v) is 5.81. The standard InChI is InChI=1S/C25H31NO6/c1-8-9-32-24(28)20-14(2)26-16-12-25(3,4)13-17(27)22(16)21(20)15-10-18(29-5)23(31-7)19(11-15)30-6/h8,10-11,21,26H,1,9,12-13H2,2-7H3/t21-/m1/s1. The normalized spacial score (nSPS) is 19.7. The van der Waals surface area contributed by atoms with Gasteiger partial charge < -0.3 is 24.3 Å². The molecule has 2 aliphatic rings. The molecule has 1 aromatic carbocycles. The molecule has 0 saturated heterocycles. The number of ether oxygens (including phenoxy) is 4. The Morgan fingerprint density at radius 1 is 1.16 bits per heavy atom. The lowest BCUT2D eigenvalue weighted by atomic mass is 9.68. The number of carbonyl (C=O) groups is 2. The molecule has 0 amide bonds. The molecule has 0 radical (unpaired) electrons. The van der Waals surface area contributed by atoms with Gasteiger partial charge in [-0.1, -0.05) is 26.5 Å². The maximum atomic E-state index is 13.4. The van der Waals surface area contributed by atoms with E-state index in [1.165, 1.54) is 27.4 Å². The van der Waals surface area contributed by atoms with Gasteiger partial charge in [-0.3, -0.25) is 4.79 Å². The monoisotopic (exact) mass is 441 g/mol. The Labute approximate surface area is 189 Å². The van der Waals surface area contributed by atoms with Crippen LogP contribution in [0.5, 0.6) is 17.2 Å². The minimum Gasteiger partial charge on any atom is -0.493 e. The Morgan fingerprint density at radius 2 is 1.78 bits per heavy atom. The van der Waals surface area contributed by atoms with Crippen molar-refractivity contribution in [2.75, 3.05) is 27.9 Å². The van der Waals surface area contributed by atoms with Crippen molar-refractivity contribution in [1.29, 1.82) is 0 Å². The summed E-state index contributed by atoms with van der Waals surface area (Å²) in [5, 5.41) is 3.32. The van der Waals surface area contributed by atoms with E-state index < -0.39 is 11.9 Å². The third-order valence-electron chi connectivity index (χ3n) is 5.81. The molecule has 0 unspecified atom stereocenters. The van der Waals surface area contributed by atoms with Crippen molar-refractivity contribution in [3.05, 3.63) is 52.9 Å². The fourth-order valence-corrected chi connectivity index (χ4v) is 4.52. The molecule has 1 N–H and O–H groups in total. The average Bonchev–Trinajstić information content (AvgIpc) is 2.74. The lowest BCUT2D eigenvalue weighted by molar-refractivity contribution is -0.138. The van der Waals surface area contributed by atoms with E-state index in [1.54, 1.807) is 12.1 Å². The number of ketones is 1. The number of methoxy groups -OCH3 is 3. The highest BCUT2D eigenvalue weighted by atomic mass is 16.5. The molecule has 1 aliphatic heterocycles. The Balaban J connectivity index is 2.26. The van der Waals surface area contributed by atoms with E-state index in [2.05, 4.69) is 25.7 Å². The zero-order chi connectivity index (χ0) is 23.6. The molecule has 0 fully saturated rings. The van der Waals surface area contributed by atoms with Gasteiger partial charge in [-0.15, -0.1) is 0 Å². The average molecular weight is 442 g/mol. The Morgan fingerprint density at radius 3 is 2.31 bits per heavy atom. The maximum absolute atomic E-state index is 13.4. The summed E-state index contributed by atoms with van der Waals surface area (Å²) in [7, 11) is 4.59. The molecular weight excluding hydrogens is 410 g/mol. The van der Waals surface area contributed by atoms with Crippen molar-refractivity contribution in [3.63, 3.8) is 0 Å². The summed E-state index contributed by atoms with van der Waals surface area (Å²) in [6, 6.07) is 3.56. The number of hydrogen-bond donors (Lipinski definition) is 1. The number of nitrogens with one attached hydrogen (secondary N) is 1. The van der Waals surface area contributed by atoms with Gasteiger partial charge in [-0.2, -0.15) is 0 Å². The topological polar surface area (TPSA) is 83.1 Å². The smallest absolute Gasteiger partial charge is 0.337 e. The number of benzene rings is 1. The molecule has 0 saturated carbocycles. The van der Waals surface area contributed by atoms with Crippen molar-refractivity contribution in [1.82, 2.24) is 5.32 Å². The largest absolute Gasteiger partial charge is 0.493 e. The summed E-state index contributed by atoms with van der Waals surface area (Å²) >= 11 is 0. The number of Topliss-reactive ketones (excluding diaryl/α,β-unsaturated/α-hetero) is 1. The van der Waals surface area contributed by atoms with E-state index in [4.69, 9.17) is 18.9 Å². The zero-order valence-electron chi connectivity index (χ0n) is 19.6. The molecule has 1 heterocycles. The summed E-state index contributed by atoms with van der Waals surface area (Å²) < 4.78 is 21.9. The van der Waals surface area contributed by atoms with E-state index >= 15 is 0 Å². The van der Waals surface area contributed by atoms with Crippen molar-refractivity contribution in [2.24, 2.45) is 5.41 Å². The van der Waals surface area contributed by atoms with Gasteiger partial charge in [-0.25, -0.2) is 4.79 Å². The van der Waals surface area contributed by atoms with Crippen LogP contribution in [0.25, 0.3) is 0 Å². The number of hydrogen-bond acceptors (Lipinski definition) is 7. The molecule has 32 heavy (non-hydrogen) atoms. The fourth-order valence-electron chi connectivity index (χ4n) is 4.52. The second-order valence-corrected chi connectivity index (χ2v) is 8.78. The Kier molecular flexibility index (Phi) is 6.67. The predicted octanol–water partition coefficient (Wildman–Crippen LogP) is 4.05. The summed E-state index contributed by atoms with van der Waals surface area (Å²) in [5.41, 5.74) is 2.96. The van der Waals surface area contributed by atoms with Crippen molar-refractivity contribution in [2.45, 2.75) is 39.5 Å². The molecule has 172 valence electrons. The molecule has 0 spiro atoms. The van der Waals surface area contributed by atoms with Crippen molar-refractivity contribution < 1.29 is 28.5 Å². The molecule has 7 nitrogen and oxygen atoms in total. The van der Waals surface area contributed by atoms with Gasteiger partial charge in [0.2, 0.25) is 5.75 Å². The van der Waals surface area contributed by atoms with Crippen LogP contribution in [0.2, 0.25) is 0 Å². The summed E-state index contributed by atoms with van der Waals surface area (Å²) in [6.07, 6.45) is 2.60. The predicted molar refractivity (Wildman–Crippen MR) is 121 cm³/mol. The highest BCUT2D eigenvalue weighted by Crippen LogP contribution is 2.49. The third kappa shape index (κ3) is 4.24. The summed E-state index contributed by atoms with van der Waals surface area (Å²) in [4.78, 5) is 26.5. The molecule has 0 aromatic heterocycles. The first-order chi connectivity index (χ1) is 15.2. The first kappa shape index (κ1) is 23.4. The second-order valence-electron chi connectivity index (χ2n) is 8.78. The number of dihydropyridines is 1. The SMILES string of the molecule is C=CCOC(=O)C1=C(C)NC2=C(C(=O)CC(C)(C)C2)[C@@H]1c1cc(OC)c(OC)c(OC)c1. The molecule has 3 rings (SSSR count). The van der Waals surface area contributed by atoms with Crippen LogP contribution in [-0.4, -0.2) is 39.7 Å². The lowest BCUT2D eigenvalue weighted by Crippen LogP contribution is -2.38. The fraction of sp³-hybridized carbons (Fsp3) is 0.440. The van der Waals surface area contributed by atoms with Crippen LogP contribution in [0.4, 0.5) is 0 Å². The van der Waals surface area contributed by atoms with E-state index in [0.29, 0.717) is 52.5 Å². The van der Waals surface area contributed by atoms with Crippen LogP contribution in [0.15, 0.2) is 47.3 Å². The Hall–Kier alpha value is -3.22. The van der Waals surface area contributed by atoms with Gasteiger partial charge in [-0.05, 0) is 36.5 Å². The molecule has 7 heteroatoms. The van der Waals surface area contributed by atoms with Gasteiger partial charge in [0, 0.05) is 29.3 Å². The van der Waals surface area contributed by atoms with Crippen LogP contribution in [0.1, 0.15) is 45.1 Å². The number of rotatable bonds is 7. The number of esters is 1. The van der Waals surface area contributed by atoms with Crippen LogP contribution in [0, 0.1) is 5.41 Å². The van der Waals surface area contributed by atoms with Crippen LogP contribution in [0.3, 0.4) is 0 Å². The van der Waals surface area contributed by atoms with E-state index in [1.807, 2.05) is 6.92 Å². The highest BCUT2D eigenvalue weighted by molar-refractivity contribution is 6.04. The van der Waals surface area contributed by atoms with Gasteiger partial charge in [0.25, 0.3) is 0 Å². The zero-order valence-corrected chi connectivity index (χ0v) is 19.6. The number of allylic oxidation sites excluding steroid dienone is 3. The maximum Gasteiger partial charge on any atom is 0.337 e. The molecule has 0 bridgehead atoms. The minimum atomic E-state index is -0.624. The molecule has 1 aliphatic carbocycles. The van der Waals surface area contributed by atoms with Gasteiger partial charge in [0.1, 0.15) is 6.61 Å². The minimum absolute atomic E-state index is 0.00372. The van der Waals surface area contributed by atoms with Gasteiger partial charge in [0.15, 0.2) is 17.3 Å². The van der Waals surface area contributed by atoms with Gasteiger partial charge >= 0.3 is 5.97 Å². The van der Waals surface area contributed by atoms with Crippen LogP contribution < -0.4 is 19.5 Å². The first-order valence-corrected chi connectivity index (χ1v) is 10.5. The van der Waals surface area contributed by atoms with Gasteiger partial charge in [0.05, 0.1) is 26.9 Å². The lowest BCUT2D eigenvalue weighted by Gasteiger charge is -2.39. The summed E-state index contributed by atoms with van der Waals surface area (Å²) in [5.74, 6) is 0.211. The van der Waals surface area contributed by atoms with Crippen LogP contribution in [-0.2, 0) is 14.3 Å². The highest BCUT2D eigenvalue weighted by Gasteiger charge is 2.43.